The van der Waals surface area contributed by atoms with Gasteiger partial charge in [0.2, 0.25) is 11.8 Å². The van der Waals surface area contributed by atoms with E-state index in [1.54, 1.807) is 47.4 Å². The van der Waals surface area contributed by atoms with Gasteiger partial charge in [-0.2, -0.15) is 0 Å². The summed E-state index contributed by atoms with van der Waals surface area (Å²) in [6.45, 7) is 4.04. The molecule has 3 aromatic carbocycles. The molecule has 0 aromatic heterocycles. The van der Waals surface area contributed by atoms with Gasteiger partial charge in [-0.05, 0) is 74.6 Å². The molecule has 2 amide bonds. The van der Waals surface area contributed by atoms with Gasteiger partial charge in [-0.1, -0.05) is 68.3 Å². The minimum atomic E-state index is -4.12. The fraction of sp³-hybridized carbons (Fsp3) is 0.394. The zero-order valence-corrected chi connectivity index (χ0v) is 25.3. The Labute approximate surface area is 249 Å². The topological polar surface area (TPSA) is 96.0 Å². The maximum absolute atomic E-state index is 14.1. The van der Waals surface area contributed by atoms with E-state index in [0.717, 1.165) is 35.6 Å². The molecule has 42 heavy (non-hydrogen) atoms. The summed E-state index contributed by atoms with van der Waals surface area (Å²) < 4.78 is 34.6. The summed E-state index contributed by atoms with van der Waals surface area (Å²) in [7, 11) is -4.12. The van der Waals surface area contributed by atoms with Crippen LogP contribution in [0.15, 0.2) is 89.8 Å². The van der Waals surface area contributed by atoms with Crippen LogP contribution < -0.4 is 14.4 Å². The Morgan fingerprint density at radius 2 is 1.52 bits per heavy atom. The highest BCUT2D eigenvalue weighted by Crippen LogP contribution is 2.26. The molecule has 0 heterocycles. The summed E-state index contributed by atoms with van der Waals surface area (Å²) in [6.07, 6.45) is 4.97. The number of hydrogen-bond acceptors (Lipinski definition) is 5. The van der Waals surface area contributed by atoms with Gasteiger partial charge in [-0.25, -0.2) is 8.42 Å². The third-order valence-electron chi connectivity index (χ3n) is 7.62. The van der Waals surface area contributed by atoms with Crippen molar-refractivity contribution in [2.75, 3.05) is 24.0 Å². The minimum absolute atomic E-state index is 0.0458. The number of sulfonamides is 1. The molecule has 1 aliphatic rings. The van der Waals surface area contributed by atoms with E-state index in [9.17, 15) is 18.0 Å². The van der Waals surface area contributed by atoms with Gasteiger partial charge < -0.3 is 15.0 Å². The summed E-state index contributed by atoms with van der Waals surface area (Å²) in [5, 5.41) is 3.14. The second kappa shape index (κ2) is 14.9. The van der Waals surface area contributed by atoms with E-state index in [1.807, 2.05) is 44.2 Å². The lowest BCUT2D eigenvalue weighted by atomic mass is 10.1. The lowest BCUT2D eigenvalue weighted by Gasteiger charge is -2.33. The zero-order valence-electron chi connectivity index (χ0n) is 24.4. The quantitative estimate of drug-likeness (QED) is 0.278. The smallest absolute Gasteiger partial charge is 0.264 e. The SMILES string of the molecule is CCOc1ccc(S(=O)(=O)N(CC(=O)N(CCc2ccccc2)[C@H](CC)C(=O)NC2CCCC2)c2ccccc2)cc1. The molecular formula is C33H41N3O5S. The summed E-state index contributed by atoms with van der Waals surface area (Å²) in [4.78, 5) is 29.2. The van der Waals surface area contributed by atoms with Gasteiger partial charge in [0.15, 0.2) is 0 Å². The van der Waals surface area contributed by atoms with Gasteiger partial charge in [-0.15, -0.1) is 0 Å². The third kappa shape index (κ3) is 7.91. The minimum Gasteiger partial charge on any atom is -0.494 e. The molecule has 8 nitrogen and oxygen atoms in total. The molecule has 0 bridgehead atoms. The van der Waals surface area contributed by atoms with Gasteiger partial charge in [0, 0.05) is 12.6 Å². The van der Waals surface area contributed by atoms with Crippen LogP contribution in [0.3, 0.4) is 0 Å². The first kappa shape index (κ1) is 31.1. The first-order chi connectivity index (χ1) is 20.3. The van der Waals surface area contributed by atoms with E-state index in [-0.39, 0.29) is 23.4 Å². The van der Waals surface area contributed by atoms with E-state index in [4.69, 9.17) is 4.74 Å². The molecule has 9 heteroatoms. The summed E-state index contributed by atoms with van der Waals surface area (Å²) >= 11 is 0. The number of benzene rings is 3. The number of rotatable bonds is 14. The Bertz CT molecular complexity index is 1390. The van der Waals surface area contributed by atoms with Crippen molar-refractivity contribution >= 4 is 27.5 Å². The van der Waals surface area contributed by atoms with Crippen molar-refractivity contribution in [1.82, 2.24) is 10.2 Å². The number of carbonyl (C=O) groups is 2. The van der Waals surface area contributed by atoms with Crippen molar-refractivity contribution in [2.45, 2.75) is 69.4 Å². The molecule has 0 spiro atoms. The van der Waals surface area contributed by atoms with Crippen LogP contribution in [-0.2, 0) is 26.0 Å². The highest BCUT2D eigenvalue weighted by molar-refractivity contribution is 7.92. The van der Waals surface area contributed by atoms with Gasteiger partial charge in [-0.3, -0.25) is 13.9 Å². The standard InChI is InChI=1S/C33H41N3O5S/c1-3-31(33(38)34-27-15-11-12-16-27)35(24-23-26-13-7-5-8-14-26)32(37)25-36(28-17-9-6-10-18-28)42(39,40)30-21-19-29(20-22-30)41-4-2/h5-10,13-14,17-22,27,31H,3-4,11-12,15-16,23-25H2,1-2H3,(H,34,38)/t31-/m1/s1. The van der Waals surface area contributed by atoms with E-state index in [2.05, 4.69) is 5.32 Å². The van der Waals surface area contributed by atoms with Crippen LogP contribution in [0.1, 0.15) is 51.5 Å². The molecule has 3 aromatic rings. The number of anilines is 1. The van der Waals surface area contributed by atoms with Gasteiger partial charge in [0.05, 0.1) is 17.2 Å². The van der Waals surface area contributed by atoms with E-state index in [0.29, 0.717) is 30.9 Å². The average Bonchev–Trinajstić information content (AvgIpc) is 3.52. The molecule has 0 unspecified atom stereocenters. The number of carbonyl (C=O) groups excluding carboxylic acids is 2. The number of nitrogens with zero attached hydrogens (tertiary/aromatic N) is 2. The highest BCUT2D eigenvalue weighted by Gasteiger charge is 2.34. The molecule has 0 aliphatic heterocycles. The molecule has 1 atom stereocenters. The molecule has 0 radical (unpaired) electrons. The monoisotopic (exact) mass is 591 g/mol. The van der Waals surface area contributed by atoms with Crippen molar-refractivity contribution < 1.29 is 22.7 Å². The normalized spacial score (nSPS) is 14.2. The fourth-order valence-electron chi connectivity index (χ4n) is 5.39. The van der Waals surface area contributed by atoms with Crippen LogP contribution in [0.2, 0.25) is 0 Å². The zero-order chi connectivity index (χ0) is 30.0. The molecule has 1 fully saturated rings. The van der Waals surface area contributed by atoms with Gasteiger partial charge in [0.25, 0.3) is 10.0 Å². The predicted octanol–water partition coefficient (Wildman–Crippen LogP) is 5.19. The third-order valence-corrected chi connectivity index (χ3v) is 9.41. The summed E-state index contributed by atoms with van der Waals surface area (Å²) in [6, 6.07) is 23.9. The van der Waals surface area contributed by atoms with E-state index in [1.165, 1.54) is 12.1 Å². The Hall–Kier alpha value is -3.85. The van der Waals surface area contributed by atoms with E-state index < -0.39 is 28.5 Å². The van der Waals surface area contributed by atoms with Crippen molar-refractivity contribution in [2.24, 2.45) is 0 Å². The van der Waals surface area contributed by atoms with Gasteiger partial charge >= 0.3 is 0 Å². The lowest BCUT2D eigenvalue weighted by Crippen LogP contribution is -2.54. The van der Waals surface area contributed by atoms with Crippen LogP contribution in [0.5, 0.6) is 5.75 Å². The first-order valence-electron chi connectivity index (χ1n) is 14.8. The number of ether oxygens (including phenoxy) is 1. The lowest BCUT2D eigenvalue weighted by molar-refractivity contribution is -0.139. The molecule has 0 saturated heterocycles. The summed E-state index contributed by atoms with van der Waals surface area (Å²) in [5.41, 5.74) is 1.40. The van der Waals surface area contributed by atoms with Crippen LogP contribution in [0.4, 0.5) is 5.69 Å². The molecule has 1 N–H and O–H groups in total. The maximum Gasteiger partial charge on any atom is 0.264 e. The summed E-state index contributed by atoms with van der Waals surface area (Å²) in [5.74, 6) is -0.0610. The number of nitrogens with one attached hydrogen (secondary N) is 1. The molecular weight excluding hydrogens is 550 g/mol. The molecule has 1 aliphatic carbocycles. The van der Waals surface area contributed by atoms with Crippen LogP contribution in [0.25, 0.3) is 0 Å². The predicted molar refractivity (Wildman–Crippen MR) is 165 cm³/mol. The van der Waals surface area contributed by atoms with Crippen molar-refractivity contribution in [3.63, 3.8) is 0 Å². The Balaban J connectivity index is 1.64. The van der Waals surface area contributed by atoms with Crippen LogP contribution in [-0.4, -0.2) is 56.9 Å². The fourth-order valence-corrected chi connectivity index (χ4v) is 6.80. The number of para-hydroxylation sites is 1. The Morgan fingerprint density at radius 3 is 2.12 bits per heavy atom. The van der Waals surface area contributed by atoms with Crippen molar-refractivity contribution in [1.29, 1.82) is 0 Å². The van der Waals surface area contributed by atoms with Gasteiger partial charge in [0.1, 0.15) is 18.3 Å². The van der Waals surface area contributed by atoms with E-state index >= 15 is 0 Å². The molecule has 1 saturated carbocycles. The molecule has 224 valence electrons. The molecule has 4 rings (SSSR count). The second-order valence-electron chi connectivity index (χ2n) is 10.5. The Morgan fingerprint density at radius 1 is 0.905 bits per heavy atom. The number of hydrogen-bond donors (Lipinski definition) is 1. The highest BCUT2D eigenvalue weighted by atomic mass is 32.2. The van der Waals surface area contributed by atoms with Crippen LogP contribution >= 0.6 is 0 Å². The van der Waals surface area contributed by atoms with Crippen LogP contribution in [0, 0.1) is 0 Å². The maximum atomic E-state index is 14.1. The Kier molecular flexibility index (Phi) is 11.0. The largest absolute Gasteiger partial charge is 0.494 e. The first-order valence-corrected chi connectivity index (χ1v) is 16.2. The van der Waals surface area contributed by atoms with Crippen molar-refractivity contribution in [3.8, 4) is 5.75 Å². The number of amides is 2. The average molecular weight is 592 g/mol. The van der Waals surface area contributed by atoms with Crippen molar-refractivity contribution in [3.05, 3.63) is 90.5 Å². The second-order valence-corrected chi connectivity index (χ2v) is 12.4.